The molecule has 8 heteroatoms. The Morgan fingerprint density at radius 2 is 2.19 bits per heavy atom. The Kier molecular flexibility index (Phi) is 4.28. The molecule has 0 bridgehead atoms. The third-order valence-electron chi connectivity index (χ3n) is 4.93. The van der Waals surface area contributed by atoms with Gasteiger partial charge in [-0.3, -0.25) is 14.6 Å². The van der Waals surface area contributed by atoms with Crippen molar-refractivity contribution < 1.29 is 4.79 Å². The molecule has 1 amide bonds. The van der Waals surface area contributed by atoms with Crippen molar-refractivity contribution >= 4 is 27.5 Å². The van der Waals surface area contributed by atoms with E-state index < -0.39 is 0 Å². The molecule has 1 saturated heterocycles. The first-order chi connectivity index (χ1) is 12.5. The number of fused-ring (bicyclic) bond motifs is 1. The molecule has 0 unspecified atom stereocenters. The molecule has 1 aliphatic rings. The van der Waals surface area contributed by atoms with Gasteiger partial charge in [-0.2, -0.15) is 0 Å². The highest BCUT2D eigenvalue weighted by atomic mass is 32.1. The number of rotatable bonds is 2. The summed E-state index contributed by atoms with van der Waals surface area (Å²) in [4.78, 5) is 44.5. The standard InChI is InChI=1S/C18H19N5O2S/c1-10-11(2)26-17-14(10)16(24)21-15(22-17)12-4-3-7-23(9-12)18(25)13-8-19-5-6-20-13/h5-6,8,12H,3-4,7,9H2,1-2H3,(H,21,22,24)/t12-/m1/s1. The maximum atomic E-state index is 12.6. The van der Waals surface area contributed by atoms with Crippen molar-refractivity contribution in [3.05, 3.63) is 50.9 Å². The van der Waals surface area contributed by atoms with Crippen LogP contribution in [0.15, 0.2) is 23.4 Å². The van der Waals surface area contributed by atoms with Crippen LogP contribution in [-0.4, -0.2) is 43.8 Å². The summed E-state index contributed by atoms with van der Waals surface area (Å²) in [5, 5.41) is 0.680. The highest BCUT2D eigenvalue weighted by molar-refractivity contribution is 7.18. The lowest BCUT2D eigenvalue weighted by Crippen LogP contribution is -2.40. The summed E-state index contributed by atoms with van der Waals surface area (Å²) in [6, 6.07) is 0. The molecule has 4 heterocycles. The minimum Gasteiger partial charge on any atom is -0.337 e. The SMILES string of the molecule is Cc1sc2nc([C@@H]3CCCN(C(=O)c4cnccn4)C3)[nH]c(=O)c2c1C. The van der Waals surface area contributed by atoms with Gasteiger partial charge in [0.25, 0.3) is 11.5 Å². The van der Waals surface area contributed by atoms with E-state index in [1.165, 1.54) is 12.4 Å². The van der Waals surface area contributed by atoms with Crippen molar-refractivity contribution in [1.29, 1.82) is 0 Å². The van der Waals surface area contributed by atoms with Gasteiger partial charge < -0.3 is 9.88 Å². The Bertz CT molecular complexity index is 1030. The molecule has 0 spiro atoms. The summed E-state index contributed by atoms with van der Waals surface area (Å²) in [5.41, 5.74) is 1.24. The van der Waals surface area contributed by atoms with Crippen molar-refractivity contribution in [2.24, 2.45) is 0 Å². The van der Waals surface area contributed by atoms with Crippen LogP contribution in [0.2, 0.25) is 0 Å². The normalized spacial score (nSPS) is 17.6. The number of thiophene rings is 1. The zero-order valence-corrected chi connectivity index (χ0v) is 15.5. The fraction of sp³-hybridized carbons (Fsp3) is 0.389. The van der Waals surface area contributed by atoms with Crippen LogP contribution in [0, 0.1) is 13.8 Å². The predicted molar refractivity (Wildman–Crippen MR) is 99.6 cm³/mol. The first kappa shape index (κ1) is 16.8. The fourth-order valence-electron chi connectivity index (χ4n) is 3.42. The van der Waals surface area contributed by atoms with E-state index in [9.17, 15) is 9.59 Å². The molecule has 0 aromatic carbocycles. The number of carbonyl (C=O) groups excluding carboxylic acids is 1. The Morgan fingerprint density at radius 1 is 1.35 bits per heavy atom. The van der Waals surface area contributed by atoms with E-state index in [0.717, 1.165) is 28.1 Å². The van der Waals surface area contributed by atoms with Gasteiger partial charge in [0, 0.05) is 36.3 Å². The smallest absolute Gasteiger partial charge is 0.274 e. The van der Waals surface area contributed by atoms with Crippen molar-refractivity contribution in [3.8, 4) is 0 Å². The molecular formula is C18H19N5O2S. The van der Waals surface area contributed by atoms with Crippen LogP contribution in [-0.2, 0) is 0 Å². The molecule has 134 valence electrons. The molecule has 7 nitrogen and oxygen atoms in total. The van der Waals surface area contributed by atoms with E-state index in [1.54, 1.807) is 22.4 Å². The molecule has 0 radical (unpaired) electrons. The summed E-state index contributed by atoms with van der Waals surface area (Å²) >= 11 is 1.55. The van der Waals surface area contributed by atoms with Crippen LogP contribution in [0.1, 0.15) is 45.5 Å². The van der Waals surface area contributed by atoms with Gasteiger partial charge >= 0.3 is 0 Å². The second kappa shape index (κ2) is 6.60. The van der Waals surface area contributed by atoms with Gasteiger partial charge in [-0.15, -0.1) is 11.3 Å². The molecule has 0 aliphatic carbocycles. The van der Waals surface area contributed by atoms with Gasteiger partial charge in [-0.1, -0.05) is 0 Å². The number of aromatic amines is 1. The molecule has 4 rings (SSSR count). The van der Waals surface area contributed by atoms with Crippen molar-refractivity contribution in [2.75, 3.05) is 13.1 Å². The minimum atomic E-state index is -0.131. The lowest BCUT2D eigenvalue weighted by molar-refractivity contribution is 0.0698. The van der Waals surface area contributed by atoms with Crippen LogP contribution in [0.25, 0.3) is 10.2 Å². The molecule has 3 aromatic rings. The van der Waals surface area contributed by atoms with Gasteiger partial charge in [0.05, 0.1) is 11.6 Å². The van der Waals surface area contributed by atoms with E-state index in [1.807, 2.05) is 13.8 Å². The van der Waals surface area contributed by atoms with E-state index >= 15 is 0 Å². The second-order valence-corrected chi connectivity index (χ2v) is 7.80. The zero-order valence-electron chi connectivity index (χ0n) is 14.7. The van der Waals surface area contributed by atoms with E-state index in [2.05, 4.69) is 15.0 Å². The summed E-state index contributed by atoms with van der Waals surface area (Å²) in [7, 11) is 0. The Labute approximate surface area is 154 Å². The summed E-state index contributed by atoms with van der Waals surface area (Å²) < 4.78 is 0. The fourth-order valence-corrected chi connectivity index (χ4v) is 4.46. The molecule has 1 N–H and O–H groups in total. The number of carbonyl (C=O) groups is 1. The number of H-pyrrole nitrogens is 1. The summed E-state index contributed by atoms with van der Waals surface area (Å²) in [5.74, 6) is 0.554. The molecular weight excluding hydrogens is 350 g/mol. The van der Waals surface area contributed by atoms with E-state index in [4.69, 9.17) is 4.98 Å². The Balaban J connectivity index is 1.63. The molecule has 1 aliphatic heterocycles. The van der Waals surface area contributed by atoms with Gasteiger partial charge in [-0.05, 0) is 32.3 Å². The number of hydrogen-bond acceptors (Lipinski definition) is 6. The first-order valence-corrected chi connectivity index (χ1v) is 9.41. The van der Waals surface area contributed by atoms with Crippen molar-refractivity contribution in [1.82, 2.24) is 24.8 Å². The van der Waals surface area contributed by atoms with Gasteiger partial charge in [-0.25, -0.2) is 9.97 Å². The number of piperidine rings is 1. The van der Waals surface area contributed by atoms with Gasteiger partial charge in [0.15, 0.2) is 0 Å². The van der Waals surface area contributed by atoms with Crippen molar-refractivity contribution in [2.45, 2.75) is 32.6 Å². The van der Waals surface area contributed by atoms with Gasteiger partial charge in [0.1, 0.15) is 16.3 Å². The van der Waals surface area contributed by atoms with Gasteiger partial charge in [0.2, 0.25) is 0 Å². The Hall–Kier alpha value is -2.61. The number of amides is 1. The topological polar surface area (TPSA) is 91.8 Å². The quantitative estimate of drug-likeness (QED) is 0.749. The second-order valence-electron chi connectivity index (χ2n) is 6.60. The largest absolute Gasteiger partial charge is 0.337 e. The minimum absolute atomic E-state index is 0.0178. The third kappa shape index (κ3) is 2.90. The molecule has 1 fully saturated rings. The van der Waals surface area contributed by atoms with E-state index in [-0.39, 0.29) is 17.4 Å². The average Bonchev–Trinajstić information content (AvgIpc) is 2.96. The average molecular weight is 369 g/mol. The number of nitrogens with one attached hydrogen (secondary N) is 1. The van der Waals surface area contributed by atoms with Crippen molar-refractivity contribution in [3.63, 3.8) is 0 Å². The molecule has 3 aromatic heterocycles. The predicted octanol–water partition coefficient (Wildman–Crippen LogP) is 2.41. The molecule has 0 saturated carbocycles. The first-order valence-electron chi connectivity index (χ1n) is 8.60. The van der Waals surface area contributed by atoms with Crippen LogP contribution >= 0.6 is 11.3 Å². The highest BCUT2D eigenvalue weighted by Crippen LogP contribution is 2.29. The number of aryl methyl sites for hydroxylation is 2. The number of aromatic nitrogens is 4. The number of hydrogen-bond donors (Lipinski definition) is 1. The zero-order chi connectivity index (χ0) is 18.3. The molecule has 26 heavy (non-hydrogen) atoms. The Morgan fingerprint density at radius 3 is 2.96 bits per heavy atom. The van der Waals surface area contributed by atoms with Crippen LogP contribution in [0.3, 0.4) is 0 Å². The lowest BCUT2D eigenvalue weighted by Gasteiger charge is -2.31. The maximum absolute atomic E-state index is 12.6. The maximum Gasteiger partial charge on any atom is 0.274 e. The highest BCUT2D eigenvalue weighted by Gasteiger charge is 2.28. The monoisotopic (exact) mass is 369 g/mol. The lowest BCUT2D eigenvalue weighted by atomic mass is 9.97. The number of nitrogens with zero attached hydrogens (tertiary/aromatic N) is 4. The number of likely N-dealkylation sites (tertiary alicyclic amines) is 1. The summed E-state index contributed by atoms with van der Waals surface area (Å²) in [6.45, 7) is 5.15. The van der Waals surface area contributed by atoms with E-state index in [0.29, 0.717) is 30.0 Å². The molecule has 1 atom stereocenters. The van der Waals surface area contributed by atoms with Crippen LogP contribution in [0.5, 0.6) is 0 Å². The third-order valence-corrected chi connectivity index (χ3v) is 6.04. The van der Waals surface area contributed by atoms with Crippen LogP contribution < -0.4 is 5.56 Å². The summed E-state index contributed by atoms with van der Waals surface area (Å²) in [6.07, 6.45) is 6.30. The van der Waals surface area contributed by atoms with Crippen LogP contribution in [0.4, 0.5) is 0 Å².